The average molecular weight is 357 g/mol. The van der Waals surface area contributed by atoms with Gasteiger partial charge >= 0.3 is 13.5 Å². The second-order valence-electron chi connectivity index (χ2n) is 4.93. The van der Waals surface area contributed by atoms with Gasteiger partial charge in [0.25, 0.3) is 5.56 Å². The summed E-state index contributed by atoms with van der Waals surface area (Å²) < 4.78 is 35.3. The Hall–Kier alpha value is -1.40. The fourth-order valence-electron chi connectivity index (χ4n) is 2.13. The molecule has 1 fully saturated rings. The van der Waals surface area contributed by atoms with E-state index < -0.39 is 49.8 Å². The Morgan fingerprint density at radius 3 is 2.65 bits per heavy atom. The highest BCUT2D eigenvalue weighted by atomic mass is 31.2. The SMILES string of the molecule is C[C@@]1(F)[C@H](O)[C@@H](COP(=O)(O)O)O[C@H]1n1ccc(=O)[nH]c1=O.N. The lowest BCUT2D eigenvalue weighted by molar-refractivity contribution is -0.0605. The third-order valence-corrected chi connectivity index (χ3v) is 3.71. The first-order valence-corrected chi connectivity index (χ1v) is 7.59. The fourth-order valence-corrected chi connectivity index (χ4v) is 2.47. The van der Waals surface area contributed by atoms with Crippen molar-refractivity contribution >= 4 is 7.82 Å². The van der Waals surface area contributed by atoms with Crippen molar-refractivity contribution in [3.8, 4) is 0 Å². The second kappa shape index (κ2) is 6.61. The highest BCUT2D eigenvalue weighted by Gasteiger charge is 2.55. The molecule has 0 unspecified atom stereocenters. The number of nitrogens with zero attached hydrogens (tertiary/aromatic N) is 1. The van der Waals surface area contributed by atoms with E-state index in [4.69, 9.17) is 14.5 Å². The van der Waals surface area contributed by atoms with Crippen LogP contribution < -0.4 is 17.4 Å². The Bertz CT molecular complexity index is 713. The summed E-state index contributed by atoms with van der Waals surface area (Å²) in [5, 5.41) is 9.87. The Morgan fingerprint density at radius 1 is 1.52 bits per heavy atom. The first kappa shape index (κ1) is 19.6. The molecular formula is C10H17FN3O8P. The molecule has 0 bridgehead atoms. The highest BCUT2D eigenvalue weighted by Crippen LogP contribution is 2.43. The molecule has 0 radical (unpaired) electrons. The minimum Gasteiger partial charge on any atom is -0.387 e. The van der Waals surface area contributed by atoms with Gasteiger partial charge in [0.2, 0.25) is 0 Å². The Kier molecular flexibility index (Phi) is 5.65. The predicted octanol–water partition coefficient (Wildman–Crippen LogP) is -1.21. The zero-order valence-electron chi connectivity index (χ0n) is 12.0. The smallest absolute Gasteiger partial charge is 0.387 e. The van der Waals surface area contributed by atoms with Crippen LogP contribution >= 0.6 is 7.82 Å². The van der Waals surface area contributed by atoms with Gasteiger partial charge in [-0.3, -0.25) is 18.9 Å². The first-order chi connectivity index (χ1) is 10.0. The van der Waals surface area contributed by atoms with Gasteiger partial charge in [0, 0.05) is 12.3 Å². The molecule has 0 spiro atoms. The number of phosphoric ester groups is 1. The number of aromatic nitrogens is 2. The molecule has 132 valence electrons. The second-order valence-corrected chi connectivity index (χ2v) is 6.17. The summed E-state index contributed by atoms with van der Waals surface area (Å²) >= 11 is 0. The normalized spacial score (nSPS) is 30.9. The molecule has 4 atom stereocenters. The number of ether oxygens (including phenoxy) is 1. The van der Waals surface area contributed by atoms with E-state index in [0.29, 0.717) is 0 Å². The number of H-pyrrole nitrogens is 1. The van der Waals surface area contributed by atoms with Crippen LogP contribution in [0.4, 0.5) is 4.39 Å². The number of hydrogen-bond donors (Lipinski definition) is 5. The fraction of sp³-hybridized carbons (Fsp3) is 0.600. The minimum atomic E-state index is -4.82. The molecule has 0 amide bonds. The van der Waals surface area contributed by atoms with Crippen molar-refractivity contribution < 1.29 is 33.1 Å². The van der Waals surface area contributed by atoms with Crippen LogP contribution in [0.1, 0.15) is 13.2 Å². The van der Waals surface area contributed by atoms with E-state index in [1.807, 2.05) is 4.98 Å². The lowest BCUT2D eigenvalue weighted by Crippen LogP contribution is -2.43. The van der Waals surface area contributed by atoms with E-state index in [-0.39, 0.29) is 6.15 Å². The summed E-state index contributed by atoms with van der Waals surface area (Å²) in [4.78, 5) is 41.8. The van der Waals surface area contributed by atoms with Crippen LogP contribution in [0.5, 0.6) is 0 Å². The van der Waals surface area contributed by atoms with Gasteiger partial charge in [-0.15, -0.1) is 0 Å². The number of hydrogen-bond acceptors (Lipinski definition) is 7. The molecule has 1 saturated heterocycles. The molecule has 0 saturated carbocycles. The van der Waals surface area contributed by atoms with E-state index in [0.717, 1.165) is 23.8 Å². The summed E-state index contributed by atoms with van der Waals surface area (Å²) in [5.41, 5.74) is -4.10. The summed E-state index contributed by atoms with van der Waals surface area (Å²) in [5.74, 6) is 0. The molecule has 0 aromatic carbocycles. The van der Waals surface area contributed by atoms with Crippen LogP contribution in [0.3, 0.4) is 0 Å². The molecule has 0 aliphatic carbocycles. The third kappa shape index (κ3) is 4.12. The summed E-state index contributed by atoms with van der Waals surface area (Å²) in [6.45, 7) is 0.178. The summed E-state index contributed by atoms with van der Waals surface area (Å²) in [6.07, 6.45) is -3.82. The number of aromatic amines is 1. The van der Waals surface area contributed by atoms with E-state index >= 15 is 0 Å². The Morgan fingerprint density at radius 2 is 2.13 bits per heavy atom. The van der Waals surface area contributed by atoms with Gasteiger partial charge in [-0.2, -0.15) is 0 Å². The zero-order valence-corrected chi connectivity index (χ0v) is 12.9. The monoisotopic (exact) mass is 357 g/mol. The van der Waals surface area contributed by atoms with Crippen molar-refractivity contribution in [2.45, 2.75) is 31.0 Å². The van der Waals surface area contributed by atoms with Crippen molar-refractivity contribution in [1.82, 2.24) is 15.7 Å². The van der Waals surface area contributed by atoms with Gasteiger partial charge < -0.3 is 25.8 Å². The lowest BCUT2D eigenvalue weighted by atomic mass is 9.98. The van der Waals surface area contributed by atoms with Crippen molar-refractivity contribution in [3.63, 3.8) is 0 Å². The molecule has 1 aromatic rings. The molecule has 1 aliphatic heterocycles. The van der Waals surface area contributed by atoms with Gasteiger partial charge in [0.1, 0.15) is 12.2 Å². The predicted molar refractivity (Wildman–Crippen MR) is 73.8 cm³/mol. The van der Waals surface area contributed by atoms with Gasteiger partial charge in [0.15, 0.2) is 11.9 Å². The van der Waals surface area contributed by atoms with Crippen LogP contribution in [0, 0.1) is 0 Å². The van der Waals surface area contributed by atoms with Crippen LogP contribution in [0.2, 0.25) is 0 Å². The maximum atomic E-state index is 14.6. The zero-order chi connectivity index (χ0) is 16.7. The van der Waals surface area contributed by atoms with E-state index in [9.17, 15) is 23.7 Å². The van der Waals surface area contributed by atoms with Crippen LogP contribution in [0.25, 0.3) is 0 Å². The number of rotatable bonds is 4. The molecule has 23 heavy (non-hydrogen) atoms. The van der Waals surface area contributed by atoms with E-state index in [1.165, 1.54) is 0 Å². The number of halogens is 1. The van der Waals surface area contributed by atoms with Crippen LogP contribution in [-0.2, 0) is 13.8 Å². The van der Waals surface area contributed by atoms with Crippen LogP contribution in [0.15, 0.2) is 21.9 Å². The third-order valence-electron chi connectivity index (χ3n) is 3.23. The molecule has 1 aliphatic rings. The van der Waals surface area contributed by atoms with Gasteiger partial charge in [-0.05, 0) is 6.92 Å². The lowest BCUT2D eigenvalue weighted by Gasteiger charge is -2.24. The topological polar surface area (TPSA) is 186 Å². The van der Waals surface area contributed by atoms with Gasteiger partial charge in [-0.25, -0.2) is 13.8 Å². The molecular weight excluding hydrogens is 340 g/mol. The Balaban J connectivity index is 0.00000264. The number of phosphoric acid groups is 1. The quantitative estimate of drug-likeness (QED) is 0.412. The Labute approximate surface area is 128 Å². The summed E-state index contributed by atoms with van der Waals surface area (Å²) in [6, 6.07) is 0.965. The molecule has 7 N–H and O–H groups in total. The number of aliphatic hydroxyl groups excluding tert-OH is 1. The minimum absolute atomic E-state index is 0. The molecule has 2 rings (SSSR count). The van der Waals surface area contributed by atoms with Gasteiger partial charge in [-0.1, -0.05) is 0 Å². The largest absolute Gasteiger partial charge is 0.469 e. The highest BCUT2D eigenvalue weighted by molar-refractivity contribution is 7.46. The maximum Gasteiger partial charge on any atom is 0.469 e. The number of alkyl halides is 1. The summed E-state index contributed by atoms with van der Waals surface area (Å²) in [7, 11) is -4.82. The van der Waals surface area contributed by atoms with Gasteiger partial charge in [0.05, 0.1) is 6.61 Å². The molecule has 13 heteroatoms. The number of nitrogens with one attached hydrogen (secondary N) is 1. The molecule has 2 heterocycles. The van der Waals surface area contributed by atoms with E-state index in [2.05, 4.69) is 4.52 Å². The molecule has 11 nitrogen and oxygen atoms in total. The van der Waals surface area contributed by atoms with Crippen molar-refractivity contribution in [3.05, 3.63) is 33.1 Å². The first-order valence-electron chi connectivity index (χ1n) is 6.06. The molecule has 1 aromatic heterocycles. The number of aliphatic hydroxyl groups is 1. The maximum absolute atomic E-state index is 14.6. The van der Waals surface area contributed by atoms with Crippen molar-refractivity contribution in [1.29, 1.82) is 0 Å². The van der Waals surface area contributed by atoms with Crippen molar-refractivity contribution in [2.75, 3.05) is 6.61 Å². The van der Waals surface area contributed by atoms with E-state index in [1.54, 1.807) is 0 Å². The standard InChI is InChI=1S/C10H14FN2O8P.H3N/c1-10(11)7(15)5(4-20-22(17,18)19)21-8(10)13-3-2-6(14)12-9(13)16;/h2-3,5,7-8,15H,4H2,1H3,(H,12,14,16)(H2,17,18,19);1H3/t5-,7-,8-,10-;/m1./s1. The average Bonchev–Trinajstić information content (AvgIpc) is 2.59. The van der Waals surface area contributed by atoms with Crippen LogP contribution in [-0.4, -0.2) is 48.9 Å². The van der Waals surface area contributed by atoms with Crippen molar-refractivity contribution in [2.24, 2.45) is 0 Å².